The van der Waals surface area contributed by atoms with Gasteiger partial charge in [0.1, 0.15) is 0 Å². The van der Waals surface area contributed by atoms with E-state index in [0.29, 0.717) is 19.5 Å². The fraction of sp³-hybridized carbons (Fsp3) is 0.875. The second-order valence-electron chi connectivity index (χ2n) is 6.66. The third kappa shape index (κ3) is 5.30. The Bertz CT molecular complexity index is 355. The van der Waals surface area contributed by atoms with Crippen molar-refractivity contribution in [1.29, 1.82) is 0 Å². The van der Waals surface area contributed by atoms with Gasteiger partial charge in [0.05, 0.1) is 5.41 Å². The molecule has 0 aromatic rings. The van der Waals surface area contributed by atoms with Crippen LogP contribution in [0, 0.1) is 11.3 Å². The van der Waals surface area contributed by atoms with Crippen molar-refractivity contribution in [2.75, 3.05) is 19.6 Å². The molecule has 1 unspecified atom stereocenters. The zero-order valence-electron chi connectivity index (χ0n) is 13.4. The molecule has 3 N–H and O–H groups in total. The van der Waals surface area contributed by atoms with Crippen LogP contribution in [0.3, 0.4) is 0 Å². The molecule has 21 heavy (non-hydrogen) atoms. The zero-order valence-corrected chi connectivity index (χ0v) is 13.4. The molecule has 0 bridgehead atoms. The second-order valence-corrected chi connectivity index (χ2v) is 6.66. The molecule has 1 rings (SSSR count). The van der Waals surface area contributed by atoms with E-state index in [-0.39, 0.29) is 11.8 Å². The van der Waals surface area contributed by atoms with Gasteiger partial charge in [0.15, 0.2) is 0 Å². The molecule has 1 saturated heterocycles. The number of piperidine rings is 1. The molecule has 0 radical (unpaired) electrons. The Morgan fingerprint density at radius 3 is 2.52 bits per heavy atom. The number of carboxylic acids is 1. The van der Waals surface area contributed by atoms with Crippen molar-refractivity contribution in [1.82, 2.24) is 4.90 Å². The molecule has 0 spiro atoms. The molecule has 1 aliphatic heterocycles. The number of likely N-dealkylation sites (tertiary alicyclic amines) is 1. The van der Waals surface area contributed by atoms with E-state index in [0.717, 1.165) is 45.1 Å². The van der Waals surface area contributed by atoms with Gasteiger partial charge in [0.2, 0.25) is 5.91 Å². The lowest BCUT2D eigenvalue weighted by molar-refractivity contribution is -0.153. The summed E-state index contributed by atoms with van der Waals surface area (Å²) < 4.78 is 0. The van der Waals surface area contributed by atoms with Crippen molar-refractivity contribution in [2.45, 2.75) is 58.8 Å². The van der Waals surface area contributed by atoms with Gasteiger partial charge < -0.3 is 15.7 Å². The first-order valence-corrected chi connectivity index (χ1v) is 8.10. The van der Waals surface area contributed by atoms with Gasteiger partial charge in [-0.15, -0.1) is 0 Å². The highest BCUT2D eigenvalue weighted by Gasteiger charge is 2.39. The molecule has 1 atom stereocenters. The summed E-state index contributed by atoms with van der Waals surface area (Å²) in [4.78, 5) is 25.4. The molecule has 0 aromatic heterocycles. The molecule has 0 saturated carbocycles. The minimum absolute atomic E-state index is 0.0462. The quantitative estimate of drug-likeness (QED) is 0.673. The van der Waals surface area contributed by atoms with Gasteiger partial charge in [0.25, 0.3) is 0 Å². The van der Waals surface area contributed by atoms with E-state index in [2.05, 4.69) is 0 Å². The summed E-state index contributed by atoms with van der Waals surface area (Å²) in [5, 5.41) is 9.33. The summed E-state index contributed by atoms with van der Waals surface area (Å²) in [6.07, 6.45) is 6.42. The van der Waals surface area contributed by atoms with Crippen molar-refractivity contribution >= 4 is 11.9 Å². The predicted molar refractivity (Wildman–Crippen MR) is 82.9 cm³/mol. The number of unbranched alkanes of at least 4 members (excludes halogenated alkanes) is 3. The summed E-state index contributed by atoms with van der Waals surface area (Å²) in [6, 6.07) is 0. The van der Waals surface area contributed by atoms with Crippen LogP contribution in [0.15, 0.2) is 0 Å². The van der Waals surface area contributed by atoms with Gasteiger partial charge in [-0.3, -0.25) is 9.59 Å². The van der Waals surface area contributed by atoms with Crippen molar-refractivity contribution in [2.24, 2.45) is 17.1 Å². The number of carboxylic acid groups (broad SMARTS) is 1. The van der Waals surface area contributed by atoms with Crippen LogP contribution in [0.4, 0.5) is 0 Å². The van der Waals surface area contributed by atoms with Crippen LogP contribution >= 0.6 is 0 Å². The van der Waals surface area contributed by atoms with Crippen molar-refractivity contribution in [3.8, 4) is 0 Å². The largest absolute Gasteiger partial charge is 0.481 e. The van der Waals surface area contributed by atoms with Gasteiger partial charge >= 0.3 is 5.97 Å². The van der Waals surface area contributed by atoms with Crippen LogP contribution in [0.5, 0.6) is 0 Å². The fourth-order valence-corrected chi connectivity index (χ4v) is 2.90. The van der Waals surface area contributed by atoms with E-state index >= 15 is 0 Å². The predicted octanol–water partition coefficient (Wildman–Crippen LogP) is 2.25. The summed E-state index contributed by atoms with van der Waals surface area (Å²) in [6.45, 7) is 5.60. The maximum Gasteiger partial charge on any atom is 0.309 e. The maximum absolute atomic E-state index is 12.2. The topological polar surface area (TPSA) is 83.6 Å². The second kappa shape index (κ2) is 8.37. The molecular formula is C16H30N2O3. The smallest absolute Gasteiger partial charge is 0.309 e. The van der Waals surface area contributed by atoms with Crippen LogP contribution in [0.2, 0.25) is 0 Å². The Hall–Kier alpha value is -1.10. The highest BCUT2D eigenvalue weighted by Crippen LogP contribution is 2.34. The third-order valence-electron chi connectivity index (χ3n) is 4.69. The highest BCUT2D eigenvalue weighted by molar-refractivity contribution is 5.77. The minimum Gasteiger partial charge on any atom is -0.481 e. The van der Waals surface area contributed by atoms with Gasteiger partial charge in [-0.25, -0.2) is 0 Å². The number of carbonyl (C=O) groups excluding carboxylic acids is 1. The van der Waals surface area contributed by atoms with E-state index in [9.17, 15) is 14.7 Å². The first-order valence-electron chi connectivity index (χ1n) is 8.10. The van der Waals surface area contributed by atoms with E-state index in [1.165, 1.54) is 0 Å². The fourth-order valence-electron chi connectivity index (χ4n) is 2.90. The highest BCUT2D eigenvalue weighted by atomic mass is 16.4. The van der Waals surface area contributed by atoms with Crippen LogP contribution in [-0.4, -0.2) is 41.5 Å². The lowest BCUT2D eigenvalue weighted by atomic mass is 9.74. The minimum atomic E-state index is -0.774. The molecule has 5 nitrogen and oxygen atoms in total. The van der Waals surface area contributed by atoms with E-state index in [1.54, 1.807) is 13.8 Å². The number of amides is 1. The van der Waals surface area contributed by atoms with E-state index < -0.39 is 11.4 Å². The standard InChI is InChI=1S/C16H30N2O3/c1-16(2,15(20)21)13-8-7-11-18(12-13)14(19)9-5-3-4-6-10-17/h13H,3-12,17H2,1-2H3,(H,20,21). The summed E-state index contributed by atoms with van der Waals surface area (Å²) >= 11 is 0. The number of hydrogen-bond acceptors (Lipinski definition) is 3. The summed E-state index contributed by atoms with van der Waals surface area (Å²) in [5.74, 6) is -0.554. The molecule has 1 fully saturated rings. The molecular weight excluding hydrogens is 268 g/mol. The molecule has 1 amide bonds. The number of carbonyl (C=O) groups is 2. The van der Waals surface area contributed by atoms with Crippen molar-refractivity contribution in [3.63, 3.8) is 0 Å². The summed E-state index contributed by atoms with van der Waals surface area (Å²) in [7, 11) is 0. The maximum atomic E-state index is 12.2. The van der Waals surface area contributed by atoms with Gasteiger partial charge in [0, 0.05) is 19.5 Å². The third-order valence-corrected chi connectivity index (χ3v) is 4.69. The van der Waals surface area contributed by atoms with Crippen LogP contribution < -0.4 is 5.73 Å². The van der Waals surface area contributed by atoms with Crippen LogP contribution in [0.25, 0.3) is 0 Å². The van der Waals surface area contributed by atoms with Gasteiger partial charge in [-0.05, 0) is 52.0 Å². The molecule has 1 heterocycles. The van der Waals surface area contributed by atoms with Gasteiger partial charge in [-0.1, -0.05) is 12.8 Å². The lowest BCUT2D eigenvalue weighted by Crippen LogP contribution is -2.46. The Balaban J connectivity index is 2.41. The van der Waals surface area contributed by atoms with Crippen LogP contribution in [-0.2, 0) is 9.59 Å². The monoisotopic (exact) mass is 298 g/mol. The first-order chi connectivity index (χ1) is 9.89. The SMILES string of the molecule is CC(C)(C(=O)O)C1CCCN(C(=O)CCCCCCN)C1. The lowest BCUT2D eigenvalue weighted by Gasteiger charge is -2.39. The Morgan fingerprint density at radius 2 is 1.90 bits per heavy atom. The van der Waals surface area contributed by atoms with E-state index in [1.807, 2.05) is 4.90 Å². The Morgan fingerprint density at radius 1 is 1.24 bits per heavy atom. The average molecular weight is 298 g/mol. The Kier molecular flexibility index (Phi) is 7.15. The first kappa shape index (κ1) is 18.0. The molecule has 122 valence electrons. The molecule has 0 aromatic carbocycles. The molecule has 0 aliphatic carbocycles. The summed E-state index contributed by atoms with van der Waals surface area (Å²) in [5.41, 5.74) is 4.68. The van der Waals surface area contributed by atoms with Gasteiger partial charge in [-0.2, -0.15) is 0 Å². The number of aliphatic carboxylic acids is 1. The Labute approximate surface area is 127 Å². The van der Waals surface area contributed by atoms with Crippen molar-refractivity contribution in [3.05, 3.63) is 0 Å². The molecule has 5 heteroatoms. The number of rotatable bonds is 8. The molecule has 1 aliphatic rings. The van der Waals surface area contributed by atoms with Crippen molar-refractivity contribution < 1.29 is 14.7 Å². The zero-order chi connectivity index (χ0) is 15.9. The number of nitrogens with zero attached hydrogens (tertiary/aromatic N) is 1. The van der Waals surface area contributed by atoms with Crippen LogP contribution in [0.1, 0.15) is 58.8 Å². The number of hydrogen-bond donors (Lipinski definition) is 2. The average Bonchev–Trinajstić information content (AvgIpc) is 2.46. The van der Waals surface area contributed by atoms with E-state index in [4.69, 9.17) is 5.73 Å². The number of nitrogens with two attached hydrogens (primary N) is 1. The normalized spacial score (nSPS) is 19.6.